The van der Waals surface area contributed by atoms with Crippen LogP contribution >= 0.6 is 11.3 Å². The van der Waals surface area contributed by atoms with Gasteiger partial charge in [0.1, 0.15) is 17.2 Å². The van der Waals surface area contributed by atoms with Gasteiger partial charge in [-0.1, -0.05) is 6.07 Å². The Morgan fingerprint density at radius 2 is 1.86 bits per heavy atom. The predicted molar refractivity (Wildman–Crippen MR) is 141 cm³/mol. The van der Waals surface area contributed by atoms with Gasteiger partial charge in [-0.25, -0.2) is 4.98 Å². The number of hydrogen-bond acceptors (Lipinski definition) is 7. The van der Waals surface area contributed by atoms with Crippen molar-refractivity contribution in [2.24, 2.45) is 0 Å². The maximum atomic E-state index is 13.7. The van der Waals surface area contributed by atoms with Gasteiger partial charge >= 0.3 is 0 Å². The number of benzene rings is 1. The highest BCUT2D eigenvalue weighted by Crippen LogP contribution is 2.34. The molecular weight excluding hydrogens is 476 g/mol. The molecule has 3 aromatic rings. The van der Waals surface area contributed by atoms with Gasteiger partial charge in [-0.3, -0.25) is 19.1 Å². The van der Waals surface area contributed by atoms with E-state index in [1.807, 2.05) is 18.2 Å². The Morgan fingerprint density at radius 3 is 2.64 bits per heavy atom. The molecule has 5 rings (SSSR count). The van der Waals surface area contributed by atoms with Crippen LogP contribution in [0.4, 0.5) is 0 Å². The number of carbonyl (C=O) groups excluding carboxylic acids is 1. The lowest BCUT2D eigenvalue weighted by atomic mass is 9.97. The van der Waals surface area contributed by atoms with Gasteiger partial charge in [0, 0.05) is 11.4 Å². The number of aryl methyl sites for hydroxylation is 2. The Kier molecular flexibility index (Phi) is 7.57. The minimum atomic E-state index is -0.175. The van der Waals surface area contributed by atoms with Crippen LogP contribution in [-0.4, -0.2) is 54.2 Å². The van der Waals surface area contributed by atoms with Crippen LogP contribution in [0.2, 0.25) is 0 Å². The van der Waals surface area contributed by atoms with E-state index in [1.165, 1.54) is 4.88 Å². The van der Waals surface area contributed by atoms with E-state index in [2.05, 4.69) is 10.2 Å². The van der Waals surface area contributed by atoms with Gasteiger partial charge in [0.2, 0.25) is 5.91 Å². The van der Waals surface area contributed by atoms with Crippen LogP contribution in [0, 0.1) is 0 Å². The molecule has 3 heterocycles. The second-order valence-electron chi connectivity index (χ2n) is 9.58. The lowest BCUT2D eigenvalue weighted by molar-refractivity contribution is -0.121. The average Bonchev–Trinajstić information content (AvgIpc) is 3.53. The number of carbonyl (C=O) groups is 1. The SMILES string of the molecule is COc1ccc(CCNC(=O)Cn2c(CN3CCCC3)nc3sc4c(c3c2=O)CCCC4)cc1OC. The van der Waals surface area contributed by atoms with Gasteiger partial charge in [0.15, 0.2) is 11.5 Å². The molecule has 8 nitrogen and oxygen atoms in total. The first-order valence-corrected chi connectivity index (χ1v) is 13.6. The van der Waals surface area contributed by atoms with E-state index in [4.69, 9.17) is 14.5 Å². The van der Waals surface area contributed by atoms with E-state index < -0.39 is 0 Å². The zero-order valence-corrected chi connectivity index (χ0v) is 21.9. The molecule has 2 aromatic heterocycles. The van der Waals surface area contributed by atoms with Gasteiger partial charge in [0.05, 0.1) is 26.2 Å². The molecule has 0 bridgehead atoms. The summed E-state index contributed by atoms with van der Waals surface area (Å²) < 4.78 is 12.3. The summed E-state index contributed by atoms with van der Waals surface area (Å²) in [5, 5.41) is 3.72. The third-order valence-electron chi connectivity index (χ3n) is 7.20. The summed E-state index contributed by atoms with van der Waals surface area (Å²) in [5.41, 5.74) is 2.13. The Balaban J connectivity index is 1.34. The van der Waals surface area contributed by atoms with Crippen LogP contribution in [-0.2, 0) is 37.1 Å². The van der Waals surface area contributed by atoms with E-state index in [1.54, 1.807) is 30.1 Å². The van der Waals surface area contributed by atoms with Gasteiger partial charge in [-0.05, 0) is 81.3 Å². The van der Waals surface area contributed by atoms with E-state index in [9.17, 15) is 9.59 Å². The first-order chi connectivity index (χ1) is 17.6. The average molecular weight is 511 g/mol. The fraction of sp³-hybridized carbons (Fsp3) is 0.519. The fourth-order valence-electron chi connectivity index (χ4n) is 5.29. The molecule has 1 saturated heterocycles. The van der Waals surface area contributed by atoms with E-state index >= 15 is 0 Å². The summed E-state index contributed by atoms with van der Waals surface area (Å²) in [7, 11) is 3.21. The smallest absolute Gasteiger partial charge is 0.263 e. The number of hydrogen-bond donors (Lipinski definition) is 1. The van der Waals surface area contributed by atoms with E-state index in [-0.39, 0.29) is 18.0 Å². The van der Waals surface area contributed by atoms with Crippen molar-refractivity contribution in [3.05, 3.63) is 50.4 Å². The molecule has 0 spiro atoms. The number of rotatable bonds is 9. The number of amides is 1. The number of aromatic nitrogens is 2. The molecule has 1 fully saturated rings. The highest BCUT2D eigenvalue weighted by molar-refractivity contribution is 7.18. The highest BCUT2D eigenvalue weighted by atomic mass is 32.1. The lowest BCUT2D eigenvalue weighted by Gasteiger charge is -2.18. The number of fused-ring (bicyclic) bond motifs is 3. The zero-order chi connectivity index (χ0) is 25.1. The standard InChI is InChI=1S/C27H34N4O4S/c1-34-20-10-9-18(15-21(20)35-2)11-12-28-24(32)17-31-23(16-30-13-5-6-14-30)29-26-25(27(31)33)19-7-3-4-8-22(19)36-26/h9-10,15H,3-8,11-14,16-17H2,1-2H3,(H,28,32). The van der Waals surface area contributed by atoms with Gasteiger partial charge in [0.25, 0.3) is 5.56 Å². The van der Waals surface area contributed by atoms with Crippen molar-refractivity contribution < 1.29 is 14.3 Å². The quantitative estimate of drug-likeness (QED) is 0.476. The Hall–Kier alpha value is -2.91. The molecule has 0 unspecified atom stereocenters. The van der Waals surface area contributed by atoms with Crippen LogP contribution < -0.4 is 20.3 Å². The molecule has 1 aliphatic heterocycles. The zero-order valence-electron chi connectivity index (χ0n) is 21.1. The Bertz CT molecular complexity index is 1310. The normalized spacial score (nSPS) is 15.7. The van der Waals surface area contributed by atoms with Crippen molar-refractivity contribution in [3.8, 4) is 11.5 Å². The van der Waals surface area contributed by atoms with Crippen molar-refractivity contribution >= 4 is 27.5 Å². The minimum Gasteiger partial charge on any atom is -0.493 e. The van der Waals surface area contributed by atoms with E-state index in [0.29, 0.717) is 36.8 Å². The third-order valence-corrected chi connectivity index (χ3v) is 8.39. The summed E-state index contributed by atoms with van der Waals surface area (Å²) in [6, 6.07) is 5.74. The van der Waals surface area contributed by atoms with Crippen LogP contribution in [0.1, 0.15) is 47.5 Å². The van der Waals surface area contributed by atoms with Crippen molar-refractivity contribution in [2.75, 3.05) is 33.9 Å². The van der Waals surface area contributed by atoms with Crippen LogP contribution in [0.15, 0.2) is 23.0 Å². The number of likely N-dealkylation sites (tertiary alicyclic amines) is 1. The number of nitrogens with zero attached hydrogens (tertiary/aromatic N) is 3. The molecule has 2 aliphatic rings. The van der Waals surface area contributed by atoms with Crippen LogP contribution in [0.3, 0.4) is 0 Å². The molecule has 9 heteroatoms. The molecule has 36 heavy (non-hydrogen) atoms. The summed E-state index contributed by atoms with van der Waals surface area (Å²) in [6.07, 6.45) is 7.19. The third kappa shape index (κ3) is 5.13. The van der Waals surface area contributed by atoms with Gasteiger partial charge < -0.3 is 14.8 Å². The lowest BCUT2D eigenvalue weighted by Crippen LogP contribution is -2.37. The van der Waals surface area contributed by atoms with Gasteiger partial charge in [-0.2, -0.15) is 0 Å². The molecule has 1 N–H and O–H groups in total. The largest absolute Gasteiger partial charge is 0.493 e. The van der Waals surface area contributed by atoms with Crippen LogP contribution in [0.5, 0.6) is 11.5 Å². The summed E-state index contributed by atoms with van der Waals surface area (Å²) in [5.74, 6) is 1.86. The van der Waals surface area contributed by atoms with Crippen molar-refractivity contribution in [1.82, 2.24) is 19.8 Å². The van der Waals surface area contributed by atoms with Crippen molar-refractivity contribution in [3.63, 3.8) is 0 Å². The molecule has 0 atom stereocenters. The number of ether oxygens (including phenoxy) is 2. The summed E-state index contributed by atoms with van der Waals surface area (Å²) in [4.78, 5) is 36.1. The van der Waals surface area contributed by atoms with Gasteiger partial charge in [-0.15, -0.1) is 11.3 Å². The summed E-state index contributed by atoms with van der Waals surface area (Å²) in [6.45, 7) is 3.07. The topological polar surface area (TPSA) is 85.7 Å². The molecule has 0 radical (unpaired) electrons. The molecular formula is C27H34N4O4S. The maximum Gasteiger partial charge on any atom is 0.263 e. The molecule has 1 amide bonds. The van der Waals surface area contributed by atoms with Crippen molar-refractivity contribution in [2.45, 2.75) is 58.0 Å². The number of thiophene rings is 1. The first-order valence-electron chi connectivity index (χ1n) is 12.8. The monoisotopic (exact) mass is 510 g/mol. The Morgan fingerprint density at radius 1 is 1.08 bits per heavy atom. The maximum absolute atomic E-state index is 13.7. The minimum absolute atomic E-state index is 0.0124. The number of nitrogens with one attached hydrogen (secondary N) is 1. The summed E-state index contributed by atoms with van der Waals surface area (Å²) >= 11 is 1.67. The second kappa shape index (κ2) is 11.0. The van der Waals surface area contributed by atoms with Crippen LogP contribution in [0.25, 0.3) is 10.2 Å². The molecule has 1 aliphatic carbocycles. The van der Waals surface area contributed by atoms with Crippen molar-refractivity contribution in [1.29, 1.82) is 0 Å². The number of methoxy groups -OCH3 is 2. The highest BCUT2D eigenvalue weighted by Gasteiger charge is 2.24. The van der Waals surface area contributed by atoms with E-state index in [0.717, 1.165) is 73.0 Å². The Labute approximate surface area is 215 Å². The molecule has 192 valence electrons. The molecule has 0 saturated carbocycles. The molecule has 1 aromatic carbocycles. The second-order valence-corrected chi connectivity index (χ2v) is 10.7. The first kappa shape index (κ1) is 24.8. The fourth-order valence-corrected chi connectivity index (χ4v) is 6.56. The predicted octanol–water partition coefficient (Wildman–Crippen LogP) is 3.31.